The lowest BCUT2D eigenvalue weighted by Crippen LogP contribution is -2.36. The van der Waals surface area contributed by atoms with Crippen LogP contribution in [-0.2, 0) is 16.1 Å². The van der Waals surface area contributed by atoms with Gasteiger partial charge in [-0.25, -0.2) is 4.39 Å². The molecule has 1 aliphatic rings. The van der Waals surface area contributed by atoms with Crippen molar-refractivity contribution in [1.29, 1.82) is 0 Å². The highest BCUT2D eigenvalue weighted by Crippen LogP contribution is 2.25. The van der Waals surface area contributed by atoms with Crippen LogP contribution in [0, 0.1) is 11.7 Å². The molecule has 1 N–H and O–H groups in total. The van der Waals surface area contributed by atoms with Gasteiger partial charge in [0, 0.05) is 23.2 Å². The van der Waals surface area contributed by atoms with Crippen LogP contribution in [0.4, 0.5) is 10.1 Å². The van der Waals surface area contributed by atoms with E-state index in [0.29, 0.717) is 25.2 Å². The maximum absolute atomic E-state index is 13.0. The maximum Gasteiger partial charge on any atom is 0.239 e. The smallest absolute Gasteiger partial charge is 0.239 e. The van der Waals surface area contributed by atoms with E-state index in [4.69, 9.17) is 0 Å². The van der Waals surface area contributed by atoms with Crippen molar-refractivity contribution in [2.45, 2.75) is 13.0 Å². The molecule has 0 aromatic heterocycles. The van der Waals surface area contributed by atoms with E-state index in [-0.39, 0.29) is 17.6 Å². The molecule has 2 aromatic rings. The fourth-order valence-electron chi connectivity index (χ4n) is 2.76. The van der Waals surface area contributed by atoms with Crippen molar-refractivity contribution in [2.24, 2.45) is 5.92 Å². The second-order valence-corrected chi connectivity index (χ2v) is 6.57. The van der Waals surface area contributed by atoms with Crippen molar-refractivity contribution in [3.05, 3.63) is 64.4 Å². The number of amides is 2. The minimum atomic E-state index is -0.692. The van der Waals surface area contributed by atoms with Gasteiger partial charge in [-0.1, -0.05) is 28.1 Å². The van der Waals surface area contributed by atoms with Crippen molar-refractivity contribution in [3.63, 3.8) is 0 Å². The molecule has 0 saturated carbocycles. The third-order valence-electron chi connectivity index (χ3n) is 4.02. The number of carbonyl (C=O) groups is 2. The highest BCUT2D eigenvalue weighted by atomic mass is 79.9. The minimum absolute atomic E-state index is 0.242. The van der Waals surface area contributed by atoms with E-state index in [1.165, 1.54) is 17.0 Å². The topological polar surface area (TPSA) is 49.4 Å². The van der Waals surface area contributed by atoms with Gasteiger partial charge in [0.1, 0.15) is 11.7 Å². The summed E-state index contributed by atoms with van der Waals surface area (Å²) in [6.45, 7) is 0.831. The van der Waals surface area contributed by atoms with Crippen LogP contribution in [0.25, 0.3) is 0 Å². The van der Waals surface area contributed by atoms with Crippen LogP contribution >= 0.6 is 15.9 Å². The zero-order valence-corrected chi connectivity index (χ0v) is 14.4. The van der Waals surface area contributed by atoms with Gasteiger partial charge in [-0.15, -0.1) is 0 Å². The second kappa shape index (κ2) is 7.13. The van der Waals surface area contributed by atoms with Crippen LogP contribution in [0.5, 0.6) is 0 Å². The molecule has 4 nitrogen and oxygen atoms in total. The summed E-state index contributed by atoms with van der Waals surface area (Å²) in [5.41, 5.74) is 1.57. The Bertz CT molecular complexity index is 764. The summed E-state index contributed by atoms with van der Waals surface area (Å²) < 4.78 is 13.9. The Morgan fingerprint density at radius 1 is 1.25 bits per heavy atom. The van der Waals surface area contributed by atoms with Crippen molar-refractivity contribution >= 4 is 33.4 Å². The zero-order valence-electron chi connectivity index (χ0n) is 12.8. The molecule has 1 atom stereocenters. The number of nitrogens with one attached hydrogen (secondary N) is 1. The summed E-state index contributed by atoms with van der Waals surface area (Å²) in [6, 6.07) is 13.3. The van der Waals surface area contributed by atoms with Gasteiger partial charge in [0.25, 0.3) is 0 Å². The molecule has 24 heavy (non-hydrogen) atoms. The number of benzene rings is 2. The molecule has 2 aromatic carbocycles. The minimum Gasteiger partial charge on any atom is -0.351 e. The first kappa shape index (κ1) is 16.6. The third-order valence-corrected chi connectivity index (χ3v) is 4.51. The Morgan fingerprint density at radius 3 is 2.71 bits per heavy atom. The van der Waals surface area contributed by atoms with E-state index in [1.807, 2.05) is 24.3 Å². The molecule has 0 unspecified atom stereocenters. The highest BCUT2D eigenvalue weighted by molar-refractivity contribution is 9.10. The summed E-state index contributed by atoms with van der Waals surface area (Å²) in [5, 5.41) is 2.81. The number of carbonyl (C=O) groups excluding carboxylic acids is 2. The first-order chi connectivity index (χ1) is 11.5. The Labute approximate surface area is 147 Å². The van der Waals surface area contributed by atoms with Crippen LogP contribution in [0.15, 0.2) is 53.0 Å². The molecule has 6 heteroatoms. The third kappa shape index (κ3) is 3.64. The van der Waals surface area contributed by atoms with Crippen LogP contribution in [-0.4, -0.2) is 18.4 Å². The van der Waals surface area contributed by atoms with Gasteiger partial charge < -0.3 is 10.2 Å². The van der Waals surface area contributed by atoms with Crippen LogP contribution in [0.1, 0.15) is 12.0 Å². The van der Waals surface area contributed by atoms with Crippen molar-refractivity contribution in [3.8, 4) is 0 Å². The van der Waals surface area contributed by atoms with Crippen LogP contribution in [0.3, 0.4) is 0 Å². The van der Waals surface area contributed by atoms with E-state index in [1.54, 1.807) is 12.1 Å². The Kier molecular flexibility index (Phi) is 4.94. The van der Waals surface area contributed by atoms with E-state index in [2.05, 4.69) is 21.2 Å². The molecule has 1 aliphatic heterocycles. The maximum atomic E-state index is 13.0. The molecule has 0 bridgehead atoms. The van der Waals surface area contributed by atoms with E-state index in [9.17, 15) is 14.0 Å². The fourth-order valence-corrected chi connectivity index (χ4v) is 3.21. The molecule has 1 saturated heterocycles. The predicted molar refractivity (Wildman–Crippen MR) is 92.8 cm³/mol. The standard InChI is InChI=1S/C18H16BrFN2O2/c19-13-3-1-2-12(10-13)11-21-17(23)16-8-9-22(18(16)24)15-6-4-14(20)5-7-15/h1-7,10,16H,8-9,11H2,(H,21,23)/t16-/m0/s1. The lowest BCUT2D eigenvalue weighted by atomic mass is 10.1. The summed E-state index contributed by atoms with van der Waals surface area (Å²) in [6.07, 6.45) is 0.459. The van der Waals surface area contributed by atoms with Gasteiger partial charge in [0.15, 0.2) is 0 Å². The molecular formula is C18H16BrFN2O2. The van der Waals surface area contributed by atoms with Gasteiger partial charge >= 0.3 is 0 Å². The van der Waals surface area contributed by atoms with Crippen molar-refractivity contribution < 1.29 is 14.0 Å². The molecule has 0 radical (unpaired) electrons. The van der Waals surface area contributed by atoms with E-state index in [0.717, 1.165) is 10.0 Å². The number of anilines is 1. The Hall–Kier alpha value is -2.21. The number of rotatable bonds is 4. The van der Waals surface area contributed by atoms with Crippen LogP contribution in [0.2, 0.25) is 0 Å². The number of halogens is 2. The van der Waals surface area contributed by atoms with Gasteiger partial charge in [0.2, 0.25) is 11.8 Å². The average Bonchev–Trinajstić information content (AvgIpc) is 2.95. The second-order valence-electron chi connectivity index (χ2n) is 5.66. The SMILES string of the molecule is O=C(NCc1cccc(Br)c1)[C@@H]1CCN(c2ccc(F)cc2)C1=O. The van der Waals surface area contributed by atoms with Gasteiger partial charge in [0.05, 0.1) is 0 Å². The molecular weight excluding hydrogens is 375 g/mol. The van der Waals surface area contributed by atoms with Gasteiger partial charge in [-0.3, -0.25) is 9.59 Å². The molecule has 3 rings (SSSR count). The van der Waals surface area contributed by atoms with Crippen molar-refractivity contribution in [1.82, 2.24) is 5.32 Å². The number of hydrogen-bond donors (Lipinski definition) is 1. The Balaban J connectivity index is 1.62. The monoisotopic (exact) mass is 390 g/mol. The van der Waals surface area contributed by atoms with Crippen molar-refractivity contribution in [2.75, 3.05) is 11.4 Å². The summed E-state index contributed by atoms with van der Waals surface area (Å²) >= 11 is 3.38. The predicted octanol–water partition coefficient (Wildman–Crippen LogP) is 3.26. The molecule has 2 amide bonds. The summed E-state index contributed by atoms with van der Waals surface area (Å²) in [7, 11) is 0. The normalized spacial score (nSPS) is 17.2. The number of nitrogens with zero attached hydrogens (tertiary/aromatic N) is 1. The average molecular weight is 391 g/mol. The molecule has 0 spiro atoms. The largest absolute Gasteiger partial charge is 0.351 e. The molecule has 1 fully saturated rings. The lowest BCUT2D eigenvalue weighted by Gasteiger charge is -2.16. The quantitative estimate of drug-likeness (QED) is 0.814. The molecule has 0 aliphatic carbocycles. The van der Waals surface area contributed by atoms with Gasteiger partial charge in [-0.2, -0.15) is 0 Å². The fraction of sp³-hybridized carbons (Fsp3) is 0.222. The molecule has 1 heterocycles. The number of hydrogen-bond acceptors (Lipinski definition) is 2. The molecule has 124 valence electrons. The zero-order chi connectivity index (χ0) is 17.1. The summed E-state index contributed by atoms with van der Waals surface area (Å²) in [4.78, 5) is 26.3. The first-order valence-corrected chi connectivity index (χ1v) is 8.43. The van der Waals surface area contributed by atoms with E-state index < -0.39 is 5.92 Å². The summed E-state index contributed by atoms with van der Waals surface area (Å²) in [5.74, 6) is -1.56. The lowest BCUT2D eigenvalue weighted by molar-refractivity contribution is -0.132. The Morgan fingerprint density at radius 2 is 2.00 bits per heavy atom. The first-order valence-electron chi connectivity index (χ1n) is 7.64. The van der Waals surface area contributed by atoms with Crippen LogP contribution < -0.4 is 10.2 Å². The highest BCUT2D eigenvalue weighted by Gasteiger charge is 2.37. The van der Waals surface area contributed by atoms with Gasteiger partial charge in [-0.05, 0) is 48.4 Å². The van der Waals surface area contributed by atoms with E-state index >= 15 is 0 Å².